The maximum absolute atomic E-state index is 6.12. The largest absolute Gasteiger partial charge is 0.381 e. The van der Waals surface area contributed by atoms with Crippen molar-refractivity contribution in [1.29, 1.82) is 0 Å². The smallest absolute Gasteiger partial charge is 0.0763 e. The van der Waals surface area contributed by atoms with Gasteiger partial charge in [0.1, 0.15) is 0 Å². The molecule has 0 aromatic heterocycles. The van der Waals surface area contributed by atoms with Gasteiger partial charge in [0, 0.05) is 32.1 Å². The maximum atomic E-state index is 6.12. The third-order valence-electron chi connectivity index (χ3n) is 4.81. The van der Waals surface area contributed by atoms with Gasteiger partial charge in [-0.2, -0.15) is 0 Å². The van der Waals surface area contributed by atoms with Crippen molar-refractivity contribution in [3.8, 4) is 0 Å². The lowest BCUT2D eigenvalue weighted by atomic mass is 9.79. The van der Waals surface area contributed by atoms with E-state index in [2.05, 4.69) is 0 Å². The zero-order valence-electron chi connectivity index (χ0n) is 11.2. The standard InChI is InChI=1S/C15H25NO2/c16-14-3-1-2-12(10-14)13-4-7-18-15(11-13)5-8-17-9-6-15/h14H,1-11,16H2. The molecule has 1 saturated carbocycles. The van der Waals surface area contributed by atoms with Gasteiger partial charge in [0.15, 0.2) is 0 Å². The molecule has 1 aliphatic carbocycles. The van der Waals surface area contributed by atoms with Gasteiger partial charge in [-0.25, -0.2) is 0 Å². The van der Waals surface area contributed by atoms with Crippen molar-refractivity contribution in [1.82, 2.24) is 0 Å². The van der Waals surface area contributed by atoms with E-state index in [1.54, 1.807) is 11.1 Å². The minimum atomic E-state index is 0.0976. The van der Waals surface area contributed by atoms with Gasteiger partial charge in [-0.3, -0.25) is 0 Å². The number of hydrogen-bond donors (Lipinski definition) is 1. The highest BCUT2D eigenvalue weighted by molar-refractivity contribution is 5.21. The van der Waals surface area contributed by atoms with Crippen LogP contribution in [-0.2, 0) is 9.47 Å². The van der Waals surface area contributed by atoms with Crippen LogP contribution < -0.4 is 5.73 Å². The van der Waals surface area contributed by atoms with Gasteiger partial charge in [0.25, 0.3) is 0 Å². The normalized spacial score (nSPS) is 36.8. The summed E-state index contributed by atoms with van der Waals surface area (Å²) >= 11 is 0. The molecule has 2 aliphatic heterocycles. The Kier molecular flexibility index (Phi) is 3.73. The molecule has 0 radical (unpaired) electrons. The summed E-state index contributed by atoms with van der Waals surface area (Å²) in [7, 11) is 0. The Morgan fingerprint density at radius 1 is 1.06 bits per heavy atom. The molecule has 18 heavy (non-hydrogen) atoms. The van der Waals surface area contributed by atoms with E-state index in [9.17, 15) is 0 Å². The molecule has 102 valence electrons. The van der Waals surface area contributed by atoms with E-state index in [-0.39, 0.29) is 5.60 Å². The third kappa shape index (κ3) is 2.63. The van der Waals surface area contributed by atoms with Crippen molar-refractivity contribution in [3.63, 3.8) is 0 Å². The van der Waals surface area contributed by atoms with Crippen molar-refractivity contribution < 1.29 is 9.47 Å². The van der Waals surface area contributed by atoms with Crippen LogP contribution in [-0.4, -0.2) is 31.5 Å². The van der Waals surface area contributed by atoms with Gasteiger partial charge in [0.2, 0.25) is 0 Å². The fourth-order valence-electron chi connectivity index (χ4n) is 3.70. The van der Waals surface area contributed by atoms with Crippen molar-refractivity contribution in [2.45, 2.75) is 63.0 Å². The summed E-state index contributed by atoms with van der Waals surface area (Å²) in [6, 6.07) is 0.398. The molecule has 3 heteroatoms. The highest BCUT2D eigenvalue weighted by Gasteiger charge is 2.37. The Morgan fingerprint density at radius 3 is 2.67 bits per heavy atom. The zero-order valence-corrected chi connectivity index (χ0v) is 11.2. The van der Waals surface area contributed by atoms with Crippen molar-refractivity contribution in [2.24, 2.45) is 5.73 Å². The average Bonchev–Trinajstić information content (AvgIpc) is 2.40. The van der Waals surface area contributed by atoms with Crippen LogP contribution in [0.1, 0.15) is 51.4 Å². The molecule has 2 N–H and O–H groups in total. The molecule has 1 atom stereocenters. The van der Waals surface area contributed by atoms with Crippen LogP contribution in [0.5, 0.6) is 0 Å². The Labute approximate surface area is 110 Å². The lowest BCUT2D eigenvalue weighted by Gasteiger charge is -2.42. The molecule has 3 aliphatic rings. The summed E-state index contributed by atoms with van der Waals surface area (Å²) < 4.78 is 11.6. The quantitative estimate of drug-likeness (QED) is 0.673. The van der Waals surface area contributed by atoms with Crippen LogP contribution in [0.4, 0.5) is 0 Å². The number of ether oxygens (including phenoxy) is 2. The zero-order chi connectivity index (χ0) is 12.4. The molecule has 3 nitrogen and oxygen atoms in total. The minimum absolute atomic E-state index is 0.0976. The van der Waals surface area contributed by atoms with Gasteiger partial charge < -0.3 is 15.2 Å². The van der Waals surface area contributed by atoms with Gasteiger partial charge in [0.05, 0.1) is 12.2 Å². The topological polar surface area (TPSA) is 44.5 Å². The van der Waals surface area contributed by atoms with Crippen LogP contribution in [0.2, 0.25) is 0 Å². The molecule has 2 saturated heterocycles. The van der Waals surface area contributed by atoms with Gasteiger partial charge in [-0.1, -0.05) is 11.1 Å². The fourth-order valence-corrected chi connectivity index (χ4v) is 3.70. The fraction of sp³-hybridized carbons (Fsp3) is 0.867. The summed E-state index contributed by atoms with van der Waals surface area (Å²) in [6.45, 7) is 2.62. The molecule has 0 amide bonds. The molecule has 3 fully saturated rings. The number of nitrogens with two attached hydrogens (primary N) is 1. The number of rotatable bonds is 0. The third-order valence-corrected chi connectivity index (χ3v) is 4.81. The lowest BCUT2D eigenvalue weighted by molar-refractivity contribution is -0.121. The molecule has 2 heterocycles. The molecule has 0 aromatic carbocycles. The summed E-state index contributed by atoms with van der Waals surface area (Å²) in [4.78, 5) is 0. The first-order valence-corrected chi connectivity index (χ1v) is 7.44. The van der Waals surface area contributed by atoms with E-state index in [4.69, 9.17) is 15.2 Å². The second kappa shape index (κ2) is 5.32. The van der Waals surface area contributed by atoms with E-state index in [0.717, 1.165) is 51.9 Å². The molecule has 1 spiro atoms. The molecule has 0 bridgehead atoms. The Bertz CT molecular complexity index is 326. The molecular weight excluding hydrogens is 226 g/mol. The maximum Gasteiger partial charge on any atom is 0.0763 e. The van der Waals surface area contributed by atoms with E-state index in [1.165, 1.54) is 19.3 Å². The first-order chi connectivity index (χ1) is 8.77. The van der Waals surface area contributed by atoms with Crippen LogP contribution in [0, 0.1) is 0 Å². The van der Waals surface area contributed by atoms with Crippen LogP contribution in [0.3, 0.4) is 0 Å². The predicted octanol–water partition coefficient (Wildman–Crippen LogP) is 2.54. The van der Waals surface area contributed by atoms with E-state index in [1.807, 2.05) is 0 Å². The SMILES string of the molecule is NC1CCCC(=C2CCOC3(CCOCC3)C2)C1. The van der Waals surface area contributed by atoms with Crippen molar-refractivity contribution in [3.05, 3.63) is 11.1 Å². The molecular formula is C15H25NO2. The first kappa shape index (κ1) is 12.6. The number of hydrogen-bond acceptors (Lipinski definition) is 3. The van der Waals surface area contributed by atoms with Crippen molar-refractivity contribution in [2.75, 3.05) is 19.8 Å². The molecule has 1 unspecified atom stereocenters. The van der Waals surface area contributed by atoms with Crippen LogP contribution in [0.25, 0.3) is 0 Å². The van der Waals surface area contributed by atoms with Gasteiger partial charge in [-0.05, 0) is 38.5 Å². The second-order valence-electron chi connectivity index (χ2n) is 6.13. The summed E-state index contributed by atoms with van der Waals surface area (Å²) in [5.41, 5.74) is 9.53. The first-order valence-electron chi connectivity index (χ1n) is 7.44. The second-order valence-corrected chi connectivity index (χ2v) is 6.13. The summed E-state index contributed by atoms with van der Waals surface area (Å²) in [6.07, 6.45) is 9.27. The predicted molar refractivity (Wildman–Crippen MR) is 71.4 cm³/mol. The van der Waals surface area contributed by atoms with Crippen LogP contribution in [0.15, 0.2) is 11.1 Å². The van der Waals surface area contributed by atoms with Gasteiger partial charge >= 0.3 is 0 Å². The van der Waals surface area contributed by atoms with Crippen LogP contribution >= 0.6 is 0 Å². The van der Waals surface area contributed by atoms with E-state index < -0.39 is 0 Å². The summed E-state index contributed by atoms with van der Waals surface area (Å²) in [5, 5.41) is 0. The molecule has 3 rings (SSSR count). The monoisotopic (exact) mass is 251 g/mol. The Morgan fingerprint density at radius 2 is 1.89 bits per heavy atom. The summed E-state index contributed by atoms with van der Waals surface area (Å²) in [5.74, 6) is 0. The van der Waals surface area contributed by atoms with Gasteiger partial charge in [-0.15, -0.1) is 0 Å². The minimum Gasteiger partial charge on any atom is -0.381 e. The Hall–Kier alpha value is -0.380. The lowest BCUT2D eigenvalue weighted by Crippen LogP contribution is -2.42. The molecule has 0 aromatic rings. The highest BCUT2D eigenvalue weighted by Crippen LogP contribution is 2.40. The van der Waals surface area contributed by atoms with Crippen molar-refractivity contribution >= 4 is 0 Å². The Balaban J connectivity index is 1.74. The van der Waals surface area contributed by atoms with E-state index >= 15 is 0 Å². The van der Waals surface area contributed by atoms with E-state index in [0.29, 0.717) is 6.04 Å². The highest BCUT2D eigenvalue weighted by atomic mass is 16.5. The average molecular weight is 251 g/mol.